The van der Waals surface area contributed by atoms with Crippen LogP contribution in [0.25, 0.3) is 0 Å². The predicted octanol–water partition coefficient (Wildman–Crippen LogP) is 5.15. The van der Waals surface area contributed by atoms with Gasteiger partial charge in [0, 0.05) is 76.8 Å². The van der Waals surface area contributed by atoms with Gasteiger partial charge in [0.25, 0.3) is 5.91 Å². The van der Waals surface area contributed by atoms with E-state index in [2.05, 4.69) is 0 Å². The Balaban J connectivity index is 1.81. The average molecular weight is 626 g/mol. The molecule has 3 amide bonds. The van der Waals surface area contributed by atoms with Crippen LogP contribution in [-0.2, 0) is 20.7 Å². The molecule has 0 unspecified atom stereocenters. The number of likely N-dealkylation sites (tertiary alicyclic amines) is 1. The summed E-state index contributed by atoms with van der Waals surface area (Å²) in [6, 6.07) is 14.7. The third-order valence-corrected chi connectivity index (χ3v) is 7.84. The number of methoxy groups -OCH3 is 2. The van der Waals surface area contributed by atoms with Crippen LogP contribution >= 0.6 is 0 Å². The minimum absolute atomic E-state index is 0.00345. The molecular weight excluding hydrogens is 574 g/mol. The first kappa shape index (κ1) is 35.7. The number of amides is 3. The maximum atomic E-state index is 14.0. The van der Waals surface area contributed by atoms with Crippen molar-refractivity contribution in [3.05, 3.63) is 59.7 Å². The summed E-state index contributed by atoms with van der Waals surface area (Å²) in [7, 11) is 5.01. The first-order valence-electron chi connectivity index (χ1n) is 15.7. The van der Waals surface area contributed by atoms with Crippen LogP contribution in [0.3, 0.4) is 0 Å². The topological polar surface area (TPSA) is 97.9 Å². The lowest BCUT2D eigenvalue weighted by molar-refractivity contribution is -0.129. The summed E-state index contributed by atoms with van der Waals surface area (Å²) in [5.74, 6) is 0.787. The highest BCUT2D eigenvalue weighted by Crippen LogP contribution is 2.31. The third-order valence-electron chi connectivity index (χ3n) is 7.84. The largest absolute Gasteiger partial charge is 0.493 e. The van der Waals surface area contributed by atoms with Gasteiger partial charge in [-0.05, 0) is 58.4 Å². The molecule has 10 heteroatoms. The maximum Gasteiger partial charge on any atom is 0.410 e. The van der Waals surface area contributed by atoms with Crippen LogP contribution in [0, 0.1) is 11.8 Å². The summed E-state index contributed by atoms with van der Waals surface area (Å²) in [6.45, 7) is 12.2. The van der Waals surface area contributed by atoms with Crippen LogP contribution < -0.4 is 9.47 Å². The van der Waals surface area contributed by atoms with Gasteiger partial charge in [-0.3, -0.25) is 9.59 Å². The second-order valence-electron chi connectivity index (χ2n) is 13.0. The molecule has 1 saturated heterocycles. The molecular formula is C35H51N3O7. The van der Waals surface area contributed by atoms with Gasteiger partial charge in [-0.25, -0.2) is 4.79 Å². The molecule has 0 spiro atoms. The van der Waals surface area contributed by atoms with Crippen LogP contribution in [0.4, 0.5) is 4.79 Å². The molecule has 1 aliphatic rings. The van der Waals surface area contributed by atoms with E-state index in [1.807, 2.05) is 69.9 Å². The van der Waals surface area contributed by atoms with Crippen LogP contribution in [0.1, 0.15) is 57.0 Å². The molecule has 45 heavy (non-hydrogen) atoms. The normalized spacial score (nSPS) is 16.4. The Morgan fingerprint density at radius 2 is 1.60 bits per heavy atom. The molecule has 248 valence electrons. The molecule has 0 N–H and O–H groups in total. The molecule has 0 bridgehead atoms. The number of nitrogens with zero attached hydrogens (tertiary/aromatic N) is 3. The van der Waals surface area contributed by atoms with Gasteiger partial charge in [-0.1, -0.05) is 30.3 Å². The second kappa shape index (κ2) is 16.5. The highest BCUT2D eigenvalue weighted by atomic mass is 16.6. The number of rotatable bonds is 14. The summed E-state index contributed by atoms with van der Waals surface area (Å²) >= 11 is 0. The van der Waals surface area contributed by atoms with Crippen LogP contribution in [-0.4, -0.2) is 105 Å². The Labute approximate surface area is 268 Å². The SMILES string of the molecule is COCCCOc1cc(C(=O)N(C[C@H]2CN(C(=O)OC(C)(C)C)C[C@@H]2CN(C)C(=O)Cc2ccccc2)C(C)C)ccc1OC. The maximum absolute atomic E-state index is 14.0. The van der Waals surface area contributed by atoms with Crippen LogP contribution in [0.5, 0.6) is 11.5 Å². The quantitative estimate of drug-likeness (QED) is 0.268. The number of carbonyl (C=O) groups excluding carboxylic acids is 3. The molecule has 0 radical (unpaired) electrons. The second-order valence-corrected chi connectivity index (χ2v) is 13.0. The number of benzene rings is 2. The summed E-state index contributed by atoms with van der Waals surface area (Å²) in [6.07, 6.45) is 0.616. The van der Waals surface area contributed by atoms with Gasteiger partial charge < -0.3 is 33.6 Å². The highest BCUT2D eigenvalue weighted by Gasteiger charge is 2.40. The zero-order chi connectivity index (χ0) is 33.1. The van der Waals surface area contributed by atoms with E-state index in [9.17, 15) is 14.4 Å². The number of ether oxygens (including phenoxy) is 4. The van der Waals surface area contributed by atoms with Gasteiger partial charge >= 0.3 is 6.09 Å². The molecule has 0 aromatic heterocycles. The lowest BCUT2D eigenvalue weighted by Crippen LogP contribution is -2.44. The molecule has 10 nitrogen and oxygen atoms in total. The van der Waals surface area contributed by atoms with Crippen molar-refractivity contribution in [2.45, 2.75) is 59.1 Å². The minimum Gasteiger partial charge on any atom is -0.493 e. The smallest absolute Gasteiger partial charge is 0.410 e. The molecule has 1 aliphatic heterocycles. The van der Waals surface area contributed by atoms with Crippen molar-refractivity contribution in [3.63, 3.8) is 0 Å². The predicted molar refractivity (Wildman–Crippen MR) is 174 cm³/mol. The summed E-state index contributed by atoms with van der Waals surface area (Å²) in [5, 5.41) is 0. The fraction of sp³-hybridized carbons (Fsp3) is 0.571. The van der Waals surface area contributed by atoms with Gasteiger partial charge in [0.15, 0.2) is 11.5 Å². The molecule has 0 aliphatic carbocycles. The van der Waals surface area contributed by atoms with Gasteiger partial charge in [-0.2, -0.15) is 0 Å². The van der Waals surface area contributed by atoms with E-state index in [4.69, 9.17) is 18.9 Å². The standard InChI is InChI=1S/C35H51N3O7/c1-25(2)38(33(40)27-15-16-30(43-8)31(20-27)44-18-12-17-42-7)24-29-23-37(34(41)45-35(3,4)5)22-28(29)21-36(6)32(39)19-26-13-10-9-11-14-26/h9-11,13-16,20,25,28-29H,12,17-19,21-24H2,1-8H3/t28-,29+/m0/s1. The zero-order valence-corrected chi connectivity index (χ0v) is 28.2. The molecule has 2 atom stereocenters. The van der Waals surface area contributed by atoms with E-state index in [1.165, 1.54) is 0 Å². The number of hydrogen-bond acceptors (Lipinski definition) is 7. The Bertz CT molecular complexity index is 1260. The van der Waals surface area contributed by atoms with Gasteiger partial charge in [-0.15, -0.1) is 0 Å². The summed E-state index contributed by atoms with van der Waals surface area (Å²) < 4.78 is 22.2. The minimum atomic E-state index is -0.634. The van der Waals surface area contributed by atoms with Crippen molar-refractivity contribution in [2.75, 3.05) is 60.7 Å². The van der Waals surface area contributed by atoms with E-state index in [0.717, 1.165) is 5.56 Å². The van der Waals surface area contributed by atoms with E-state index in [1.54, 1.807) is 49.3 Å². The highest BCUT2D eigenvalue weighted by molar-refractivity contribution is 5.95. The van der Waals surface area contributed by atoms with Gasteiger partial charge in [0.2, 0.25) is 5.91 Å². The molecule has 1 heterocycles. The Hall–Kier alpha value is -3.79. The molecule has 3 rings (SSSR count). The van der Waals surface area contributed by atoms with Gasteiger partial charge in [0.1, 0.15) is 5.60 Å². The van der Waals surface area contributed by atoms with Crippen LogP contribution in [0.2, 0.25) is 0 Å². The van der Waals surface area contributed by atoms with Crippen molar-refractivity contribution in [1.82, 2.24) is 14.7 Å². The van der Waals surface area contributed by atoms with Crippen molar-refractivity contribution < 1.29 is 33.3 Å². The lowest BCUT2D eigenvalue weighted by atomic mass is 9.94. The first-order chi connectivity index (χ1) is 21.3. The Morgan fingerprint density at radius 1 is 0.933 bits per heavy atom. The molecule has 1 fully saturated rings. The van der Waals surface area contributed by atoms with Gasteiger partial charge in [0.05, 0.1) is 20.1 Å². The molecule has 0 saturated carbocycles. The van der Waals surface area contributed by atoms with E-state index in [-0.39, 0.29) is 35.8 Å². The lowest BCUT2D eigenvalue weighted by Gasteiger charge is -2.32. The first-order valence-corrected chi connectivity index (χ1v) is 15.7. The van der Waals surface area contributed by atoms with Crippen molar-refractivity contribution in [2.24, 2.45) is 11.8 Å². The Morgan fingerprint density at radius 3 is 2.20 bits per heavy atom. The average Bonchev–Trinajstić information content (AvgIpc) is 3.39. The summed E-state index contributed by atoms with van der Waals surface area (Å²) in [5.41, 5.74) is 0.802. The van der Waals surface area contributed by atoms with Crippen molar-refractivity contribution >= 4 is 17.9 Å². The monoisotopic (exact) mass is 625 g/mol. The fourth-order valence-corrected chi connectivity index (χ4v) is 5.44. The fourth-order valence-electron chi connectivity index (χ4n) is 5.44. The zero-order valence-electron chi connectivity index (χ0n) is 28.2. The van der Waals surface area contributed by atoms with Crippen molar-refractivity contribution in [3.8, 4) is 11.5 Å². The molecule has 2 aromatic carbocycles. The van der Waals surface area contributed by atoms with E-state index in [0.29, 0.717) is 69.3 Å². The number of hydrogen-bond donors (Lipinski definition) is 0. The van der Waals surface area contributed by atoms with E-state index < -0.39 is 5.60 Å². The third kappa shape index (κ3) is 10.7. The number of likely N-dealkylation sites (N-methyl/N-ethyl adjacent to an activating group) is 1. The Kier molecular flexibility index (Phi) is 13.1. The molecule has 2 aromatic rings. The van der Waals surface area contributed by atoms with Crippen molar-refractivity contribution in [1.29, 1.82) is 0 Å². The van der Waals surface area contributed by atoms with Crippen LogP contribution in [0.15, 0.2) is 48.5 Å². The van der Waals surface area contributed by atoms with E-state index >= 15 is 0 Å². The summed E-state index contributed by atoms with van der Waals surface area (Å²) in [4.78, 5) is 45.5. The number of carbonyl (C=O) groups is 3.